The molecule has 0 aromatic heterocycles. The largest absolute Gasteiger partial charge is 0.394 e. The van der Waals surface area contributed by atoms with Crippen LogP contribution in [0, 0.1) is 11.8 Å². The van der Waals surface area contributed by atoms with Crippen LogP contribution >= 0.6 is 0 Å². The van der Waals surface area contributed by atoms with Gasteiger partial charge in [0.05, 0.1) is 12.6 Å². The minimum atomic E-state index is -0.674. The summed E-state index contributed by atoms with van der Waals surface area (Å²) in [5.74, 6) is 1.68. The average Bonchev–Trinajstić information content (AvgIpc) is 2.91. The highest BCUT2D eigenvalue weighted by atomic mass is 16.3. The summed E-state index contributed by atoms with van der Waals surface area (Å²) in [6.07, 6.45) is 15.6. The van der Waals surface area contributed by atoms with Crippen molar-refractivity contribution in [1.82, 2.24) is 4.90 Å². The van der Waals surface area contributed by atoms with Crippen molar-refractivity contribution in [3.05, 3.63) is 0 Å². The van der Waals surface area contributed by atoms with Crippen LogP contribution in [-0.4, -0.2) is 40.1 Å². The van der Waals surface area contributed by atoms with E-state index in [0.717, 1.165) is 25.2 Å². The maximum atomic E-state index is 13.4. The van der Waals surface area contributed by atoms with Crippen molar-refractivity contribution in [3.8, 4) is 0 Å². The highest BCUT2D eigenvalue weighted by molar-refractivity contribution is 6.07. The fourth-order valence-corrected chi connectivity index (χ4v) is 5.34. The van der Waals surface area contributed by atoms with Gasteiger partial charge in [-0.2, -0.15) is 0 Å². The first-order chi connectivity index (χ1) is 12.6. The van der Waals surface area contributed by atoms with Gasteiger partial charge in [0.25, 0.3) is 5.91 Å². The van der Waals surface area contributed by atoms with E-state index in [9.17, 15) is 9.90 Å². The van der Waals surface area contributed by atoms with Gasteiger partial charge in [0, 0.05) is 0 Å². The molecule has 0 aromatic carbocycles. The molecule has 26 heavy (non-hydrogen) atoms. The third-order valence-corrected chi connectivity index (χ3v) is 6.94. The van der Waals surface area contributed by atoms with Crippen molar-refractivity contribution in [3.63, 3.8) is 0 Å². The topological polar surface area (TPSA) is 78.9 Å². The first-order valence-corrected chi connectivity index (χ1v) is 10.9. The molecule has 0 saturated heterocycles. The number of carbonyl (C=O) groups is 1. The molecule has 3 aliphatic rings. The molecule has 0 spiro atoms. The van der Waals surface area contributed by atoms with Gasteiger partial charge in [0.2, 0.25) is 0 Å². The zero-order valence-electron chi connectivity index (χ0n) is 16.5. The van der Waals surface area contributed by atoms with Crippen molar-refractivity contribution in [2.75, 3.05) is 6.61 Å². The fraction of sp³-hybridized carbons (Fsp3) is 0.905. The molecule has 0 radical (unpaired) electrons. The zero-order chi connectivity index (χ0) is 18.6. The summed E-state index contributed by atoms with van der Waals surface area (Å²) >= 11 is 0. The maximum absolute atomic E-state index is 13.4. The summed E-state index contributed by atoms with van der Waals surface area (Å²) < 4.78 is 0. The first-order valence-electron chi connectivity index (χ1n) is 10.9. The standard InChI is InChI=1S/C21H37N3O2/c1-16(15-25)24-19(26)21(23-20(24)22,14-18-10-6-3-7-11-18)13-12-17-8-4-2-5-9-17/h16-18,25H,2-15H2,1H3,(H2,22,23)/t16-,21-/m1/s1. The molecule has 0 aromatic rings. The Kier molecular flexibility index (Phi) is 6.60. The number of nitrogens with two attached hydrogens (primary N) is 1. The van der Waals surface area contributed by atoms with E-state index >= 15 is 0 Å². The molecule has 5 nitrogen and oxygen atoms in total. The molecule has 0 bridgehead atoms. The monoisotopic (exact) mass is 363 g/mol. The summed E-state index contributed by atoms with van der Waals surface area (Å²) in [5, 5.41) is 9.55. The highest BCUT2D eigenvalue weighted by Crippen LogP contribution is 2.41. The molecule has 2 atom stereocenters. The summed E-state index contributed by atoms with van der Waals surface area (Å²) in [6, 6.07) is -0.297. The Hall–Kier alpha value is -1.10. The van der Waals surface area contributed by atoms with Crippen molar-refractivity contribution < 1.29 is 9.90 Å². The Bertz CT molecular complexity index is 509. The second-order valence-corrected chi connectivity index (χ2v) is 8.96. The van der Waals surface area contributed by atoms with Gasteiger partial charge >= 0.3 is 0 Å². The van der Waals surface area contributed by atoms with Crippen LogP contribution in [0.25, 0.3) is 0 Å². The van der Waals surface area contributed by atoms with Crippen LogP contribution in [0.2, 0.25) is 0 Å². The number of hydrogen-bond donors (Lipinski definition) is 2. The molecular weight excluding hydrogens is 326 g/mol. The predicted molar refractivity (Wildman–Crippen MR) is 105 cm³/mol. The smallest absolute Gasteiger partial charge is 0.257 e. The van der Waals surface area contributed by atoms with Crippen LogP contribution in [0.4, 0.5) is 0 Å². The molecule has 2 saturated carbocycles. The Balaban J connectivity index is 1.75. The van der Waals surface area contributed by atoms with E-state index in [0.29, 0.717) is 11.9 Å². The van der Waals surface area contributed by atoms with E-state index in [4.69, 9.17) is 10.7 Å². The van der Waals surface area contributed by atoms with Crippen LogP contribution in [0.5, 0.6) is 0 Å². The fourth-order valence-electron chi connectivity index (χ4n) is 5.34. The van der Waals surface area contributed by atoms with Crippen molar-refractivity contribution in [1.29, 1.82) is 0 Å². The zero-order valence-corrected chi connectivity index (χ0v) is 16.5. The molecule has 3 rings (SSSR count). The molecule has 5 heteroatoms. The van der Waals surface area contributed by atoms with Crippen LogP contribution < -0.4 is 5.73 Å². The third kappa shape index (κ3) is 4.24. The normalized spacial score (nSPS) is 29.8. The van der Waals surface area contributed by atoms with Crippen molar-refractivity contribution >= 4 is 11.9 Å². The van der Waals surface area contributed by atoms with Gasteiger partial charge < -0.3 is 10.8 Å². The lowest BCUT2D eigenvalue weighted by molar-refractivity contribution is -0.134. The summed E-state index contributed by atoms with van der Waals surface area (Å²) in [6.45, 7) is 1.77. The van der Waals surface area contributed by atoms with E-state index in [1.165, 1.54) is 64.2 Å². The van der Waals surface area contributed by atoms with E-state index in [1.807, 2.05) is 6.92 Å². The molecular formula is C21H37N3O2. The SMILES string of the molecule is C[C@H](CO)N1C(=O)[C@@](CCC2CCCCC2)(CC2CCCCC2)N=C1N. The second-order valence-electron chi connectivity index (χ2n) is 8.96. The number of amides is 1. The molecule has 148 valence electrons. The summed E-state index contributed by atoms with van der Waals surface area (Å²) in [5.41, 5.74) is 5.51. The van der Waals surface area contributed by atoms with Crippen LogP contribution in [0.1, 0.15) is 90.4 Å². The lowest BCUT2D eigenvalue weighted by Gasteiger charge is -2.34. The lowest BCUT2D eigenvalue weighted by Crippen LogP contribution is -2.50. The second kappa shape index (κ2) is 8.73. The first kappa shape index (κ1) is 19.7. The minimum Gasteiger partial charge on any atom is -0.394 e. The van der Waals surface area contributed by atoms with Crippen molar-refractivity contribution in [2.24, 2.45) is 22.6 Å². The molecule has 1 aliphatic heterocycles. The average molecular weight is 364 g/mol. The van der Waals surface area contributed by atoms with Gasteiger partial charge in [0.15, 0.2) is 5.96 Å². The van der Waals surface area contributed by atoms with Gasteiger partial charge in [-0.1, -0.05) is 64.2 Å². The summed E-state index contributed by atoms with van der Waals surface area (Å²) in [4.78, 5) is 19.8. The number of aliphatic hydroxyl groups excluding tert-OH is 1. The number of rotatable bonds is 7. The quantitative estimate of drug-likeness (QED) is 0.725. The van der Waals surface area contributed by atoms with Gasteiger partial charge in [-0.3, -0.25) is 9.69 Å². The Morgan fingerprint density at radius 3 is 2.27 bits per heavy atom. The number of carbonyl (C=O) groups excluding carboxylic acids is 1. The number of aliphatic hydroxyl groups is 1. The molecule has 1 heterocycles. The molecule has 3 N–H and O–H groups in total. The Morgan fingerprint density at radius 2 is 1.69 bits per heavy atom. The molecule has 2 fully saturated rings. The Labute approximate surface area is 158 Å². The number of guanidine groups is 1. The third-order valence-electron chi connectivity index (χ3n) is 6.94. The van der Waals surface area contributed by atoms with Crippen LogP contribution in [0.3, 0.4) is 0 Å². The highest BCUT2D eigenvalue weighted by Gasteiger charge is 2.49. The van der Waals surface area contributed by atoms with Gasteiger partial charge in [-0.05, 0) is 38.0 Å². The van der Waals surface area contributed by atoms with E-state index < -0.39 is 5.54 Å². The molecule has 1 amide bonds. The maximum Gasteiger partial charge on any atom is 0.257 e. The van der Waals surface area contributed by atoms with E-state index in [-0.39, 0.29) is 18.6 Å². The number of aliphatic imine (C=N–C) groups is 1. The van der Waals surface area contributed by atoms with Gasteiger partial charge in [0.1, 0.15) is 5.54 Å². The van der Waals surface area contributed by atoms with Crippen LogP contribution in [0.15, 0.2) is 4.99 Å². The predicted octanol–water partition coefficient (Wildman–Crippen LogP) is 3.59. The van der Waals surface area contributed by atoms with E-state index in [2.05, 4.69) is 0 Å². The molecule has 0 unspecified atom stereocenters. The Morgan fingerprint density at radius 1 is 1.12 bits per heavy atom. The molecule has 2 aliphatic carbocycles. The van der Waals surface area contributed by atoms with E-state index in [1.54, 1.807) is 4.90 Å². The number of nitrogens with zero attached hydrogens (tertiary/aromatic N) is 2. The van der Waals surface area contributed by atoms with Gasteiger partial charge in [-0.15, -0.1) is 0 Å². The van der Waals surface area contributed by atoms with Crippen LogP contribution in [-0.2, 0) is 4.79 Å². The number of hydrogen-bond acceptors (Lipinski definition) is 4. The summed E-state index contributed by atoms with van der Waals surface area (Å²) in [7, 11) is 0. The van der Waals surface area contributed by atoms with Crippen molar-refractivity contribution in [2.45, 2.75) is 102 Å². The van der Waals surface area contributed by atoms with Gasteiger partial charge in [-0.25, -0.2) is 4.99 Å². The minimum absolute atomic E-state index is 0.0398. The lowest BCUT2D eigenvalue weighted by atomic mass is 9.75.